The first-order chi connectivity index (χ1) is 18.1. The number of amides is 1. The number of thioether (sulfide) groups is 1. The molecule has 1 amide bonds. The normalized spacial score (nSPS) is 13.0. The summed E-state index contributed by atoms with van der Waals surface area (Å²) < 4.78 is 12.2. The van der Waals surface area contributed by atoms with E-state index in [2.05, 4.69) is 10.5 Å². The number of carbonyl (C=O) groups is 1. The topological polar surface area (TPSA) is 94.8 Å². The maximum Gasteiger partial charge on any atom is 0.267 e. The Morgan fingerprint density at radius 2 is 1.97 bits per heavy atom. The molecule has 0 unspecified atom stereocenters. The Hall–Kier alpha value is -3.63. The van der Waals surface area contributed by atoms with Gasteiger partial charge in [0.05, 0.1) is 37.3 Å². The summed E-state index contributed by atoms with van der Waals surface area (Å²) in [6.45, 7) is 0. The third-order valence-electron chi connectivity index (χ3n) is 6.13. The van der Waals surface area contributed by atoms with Crippen molar-refractivity contribution in [1.29, 1.82) is 0 Å². The summed E-state index contributed by atoms with van der Waals surface area (Å²) in [7, 11) is 3.14. The summed E-state index contributed by atoms with van der Waals surface area (Å²) in [5.74, 6) is 0.987. The molecule has 0 atom stereocenters. The number of aryl methyl sites for hydroxylation is 2. The molecule has 0 bridgehead atoms. The highest BCUT2D eigenvalue weighted by Gasteiger charge is 2.23. The molecule has 190 valence electrons. The lowest BCUT2D eigenvalue weighted by Gasteiger charge is -2.13. The lowest BCUT2D eigenvalue weighted by Crippen LogP contribution is -2.24. The van der Waals surface area contributed by atoms with Crippen LogP contribution in [0.5, 0.6) is 11.5 Å². The van der Waals surface area contributed by atoms with E-state index in [0.717, 1.165) is 41.8 Å². The first-order valence-corrected chi connectivity index (χ1v) is 13.7. The van der Waals surface area contributed by atoms with Crippen LogP contribution < -0.4 is 20.5 Å². The number of rotatable bonds is 8. The molecular weight excluding hydrogens is 508 g/mol. The largest absolute Gasteiger partial charge is 0.497 e. The maximum absolute atomic E-state index is 13.7. The molecular formula is C27H26N4O4S2. The number of hydrazone groups is 1. The molecule has 8 nitrogen and oxygen atoms in total. The predicted molar refractivity (Wildman–Crippen MR) is 148 cm³/mol. The van der Waals surface area contributed by atoms with Crippen LogP contribution in [0.1, 0.15) is 28.8 Å². The van der Waals surface area contributed by atoms with E-state index in [9.17, 15) is 9.59 Å². The molecule has 0 spiro atoms. The number of thiophene rings is 1. The predicted octanol–water partition coefficient (Wildman–Crippen LogP) is 4.59. The molecule has 2 heterocycles. The van der Waals surface area contributed by atoms with Gasteiger partial charge in [-0.2, -0.15) is 5.10 Å². The highest BCUT2D eigenvalue weighted by molar-refractivity contribution is 7.99. The van der Waals surface area contributed by atoms with Gasteiger partial charge in [0.15, 0.2) is 5.16 Å². The first kappa shape index (κ1) is 25.0. The first-order valence-electron chi connectivity index (χ1n) is 11.9. The number of fused-ring (bicyclic) bond motifs is 3. The van der Waals surface area contributed by atoms with E-state index >= 15 is 0 Å². The van der Waals surface area contributed by atoms with E-state index in [4.69, 9.17) is 14.5 Å². The van der Waals surface area contributed by atoms with E-state index in [1.807, 2.05) is 30.3 Å². The van der Waals surface area contributed by atoms with Gasteiger partial charge in [-0.3, -0.25) is 14.2 Å². The summed E-state index contributed by atoms with van der Waals surface area (Å²) in [6.07, 6.45) is 5.62. The molecule has 0 aliphatic heterocycles. The lowest BCUT2D eigenvalue weighted by molar-refractivity contribution is -0.118. The van der Waals surface area contributed by atoms with E-state index in [-0.39, 0.29) is 17.2 Å². The number of carbonyl (C=O) groups excluding carboxylic acids is 1. The summed E-state index contributed by atoms with van der Waals surface area (Å²) in [5, 5.41) is 5.27. The molecule has 4 aromatic rings. The summed E-state index contributed by atoms with van der Waals surface area (Å²) in [6, 6.07) is 14.8. The monoisotopic (exact) mass is 534 g/mol. The van der Waals surface area contributed by atoms with Crippen LogP contribution in [0.4, 0.5) is 0 Å². The molecule has 1 aliphatic carbocycles. The molecule has 1 aliphatic rings. The maximum atomic E-state index is 13.7. The van der Waals surface area contributed by atoms with Crippen LogP contribution in [-0.4, -0.2) is 41.6 Å². The second-order valence-corrected chi connectivity index (χ2v) is 10.5. The van der Waals surface area contributed by atoms with Gasteiger partial charge in [0.25, 0.3) is 11.5 Å². The van der Waals surface area contributed by atoms with Gasteiger partial charge < -0.3 is 9.47 Å². The SMILES string of the molecule is COc1ccc(OC)c(/C=N/NC(=O)CSc2nc3sc4c(c3c(=O)n2-c2ccccc2)CCCC4)c1. The highest BCUT2D eigenvalue weighted by Crippen LogP contribution is 2.35. The van der Waals surface area contributed by atoms with Crippen LogP contribution in [0.3, 0.4) is 0 Å². The average molecular weight is 535 g/mol. The number of hydrogen-bond acceptors (Lipinski definition) is 8. The quantitative estimate of drug-likeness (QED) is 0.154. The number of aromatic nitrogens is 2. The van der Waals surface area contributed by atoms with Crippen molar-refractivity contribution in [2.75, 3.05) is 20.0 Å². The second kappa shape index (κ2) is 11.2. The number of nitrogens with zero attached hydrogens (tertiary/aromatic N) is 3. The van der Waals surface area contributed by atoms with Crippen molar-refractivity contribution < 1.29 is 14.3 Å². The van der Waals surface area contributed by atoms with Crippen molar-refractivity contribution >= 4 is 45.4 Å². The number of hydrogen-bond donors (Lipinski definition) is 1. The summed E-state index contributed by atoms with van der Waals surface area (Å²) >= 11 is 2.81. The summed E-state index contributed by atoms with van der Waals surface area (Å²) in [5.41, 5.74) is 5.00. The number of methoxy groups -OCH3 is 2. The Labute approximate surface area is 222 Å². The number of nitrogens with one attached hydrogen (secondary N) is 1. The zero-order valence-electron chi connectivity index (χ0n) is 20.5. The Morgan fingerprint density at radius 1 is 1.16 bits per heavy atom. The van der Waals surface area contributed by atoms with Crippen LogP contribution >= 0.6 is 23.1 Å². The zero-order chi connectivity index (χ0) is 25.8. The molecule has 2 aromatic heterocycles. The molecule has 0 saturated heterocycles. The molecule has 5 rings (SSSR count). The van der Waals surface area contributed by atoms with Gasteiger partial charge in [0.2, 0.25) is 0 Å². The number of ether oxygens (including phenoxy) is 2. The molecule has 1 N–H and O–H groups in total. The van der Waals surface area contributed by atoms with Crippen molar-refractivity contribution in [2.45, 2.75) is 30.8 Å². The van der Waals surface area contributed by atoms with Crippen LogP contribution in [0.2, 0.25) is 0 Å². The van der Waals surface area contributed by atoms with E-state index in [1.54, 1.807) is 48.3 Å². The van der Waals surface area contributed by atoms with Crippen LogP contribution in [0, 0.1) is 0 Å². The second-order valence-electron chi connectivity index (χ2n) is 8.45. The Morgan fingerprint density at radius 3 is 2.76 bits per heavy atom. The molecule has 10 heteroatoms. The van der Waals surface area contributed by atoms with Crippen molar-refractivity contribution in [2.24, 2.45) is 5.10 Å². The van der Waals surface area contributed by atoms with Crippen molar-refractivity contribution in [3.63, 3.8) is 0 Å². The molecule has 0 saturated carbocycles. The standard InChI is InChI=1S/C27H26N4O4S2/c1-34-19-12-13-21(35-2)17(14-19)15-28-30-23(32)16-36-27-29-25-24(20-10-6-7-11-22(20)37-25)26(33)31(27)18-8-4-3-5-9-18/h3-5,8-9,12-15H,6-7,10-11,16H2,1-2H3,(H,30,32)/b28-15+. The molecule has 2 aromatic carbocycles. The Kier molecular flexibility index (Phi) is 7.57. The number of para-hydroxylation sites is 1. The van der Waals surface area contributed by atoms with Crippen LogP contribution in [-0.2, 0) is 17.6 Å². The Bertz CT molecular complexity index is 1530. The minimum atomic E-state index is -0.317. The van der Waals surface area contributed by atoms with Crippen LogP contribution in [0.15, 0.2) is 63.6 Å². The van der Waals surface area contributed by atoms with Crippen molar-refractivity contribution in [3.05, 3.63) is 74.9 Å². The Balaban J connectivity index is 1.39. The van der Waals surface area contributed by atoms with Gasteiger partial charge in [0, 0.05) is 10.4 Å². The van der Waals surface area contributed by atoms with Crippen molar-refractivity contribution in [3.8, 4) is 17.2 Å². The van der Waals surface area contributed by atoms with Gasteiger partial charge in [-0.25, -0.2) is 10.4 Å². The molecule has 0 radical (unpaired) electrons. The summed E-state index contributed by atoms with van der Waals surface area (Å²) in [4.78, 5) is 33.2. The van der Waals surface area contributed by atoms with E-state index in [1.165, 1.54) is 22.9 Å². The van der Waals surface area contributed by atoms with Gasteiger partial charge in [-0.05, 0) is 61.6 Å². The highest BCUT2D eigenvalue weighted by atomic mass is 32.2. The fraction of sp³-hybridized carbons (Fsp3) is 0.259. The fourth-order valence-corrected chi connectivity index (χ4v) is 6.47. The van der Waals surface area contributed by atoms with Gasteiger partial charge in [-0.15, -0.1) is 11.3 Å². The minimum Gasteiger partial charge on any atom is -0.497 e. The molecule has 0 fully saturated rings. The van der Waals surface area contributed by atoms with Crippen molar-refractivity contribution in [1.82, 2.24) is 15.0 Å². The van der Waals surface area contributed by atoms with E-state index in [0.29, 0.717) is 27.6 Å². The minimum absolute atomic E-state index is 0.0441. The zero-order valence-corrected chi connectivity index (χ0v) is 22.2. The van der Waals surface area contributed by atoms with E-state index < -0.39 is 0 Å². The smallest absolute Gasteiger partial charge is 0.267 e. The fourth-order valence-electron chi connectivity index (χ4n) is 4.36. The number of benzene rings is 2. The molecule has 37 heavy (non-hydrogen) atoms. The van der Waals surface area contributed by atoms with Gasteiger partial charge >= 0.3 is 0 Å². The third-order valence-corrected chi connectivity index (χ3v) is 8.26. The van der Waals surface area contributed by atoms with Gasteiger partial charge in [0.1, 0.15) is 16.3 Å². The third kappa shape index (κ3) is 5.26. The lowest BCUT2D eigenvalue weighted by atomic mass is 9.97. The van der Waals surface area contributed by atoms with Gasteiger partial charge in [-0.1, -0.05) is 30.0 Å². The average Bonchev–Trinajstić information content (AvgIpc) is 3.31. The van der Waals surface area contributed by atoms with Crippen LogP contribution in [0.25, 0.3) is 15.9 Å².